The molecule has 1 saturated heterocycles. The zero-order chi connectivity index (χ0) is 24.1. The summed E-state index contributed by atoms with van der Waals surface area (Å²) in [6.45, 7) is 2.80. The lowest BCUT2D eigenvalue weighted by molar-refractivity contribution is -0.312. The Balaban J connectivity index is 1.72. The largest absolute Gasteiger partial charge is 0.546 e. The quantitative estimate of drug-likeness (QED) is 0.584. The Labute approximate surface area is 194 Å². The number of imide groups is 1. The normalized spacial score (nSPS) is 15.5. The summed E-state index contributed by atoms with van der Waals surface area (Å²) in [5.74, 6) is -2.02. The Hall–Kier alpha value is -3.79. The van der Waals surface area contributed by atoms with E-state index in [-0.39, 0.29) is 16.4 Å². The fraction of sp³-hybridized carbons (Fsp3) is 0.217. The van der Waals surface area contributed by atoms with Gasteiger partial charge in [0.15, 0.2) is 11.5 Å². The number of amides is 3. The van der Waals surface area contributed by atoms with Crippen LogP contribution in [0.4, 0.5) is 10.5 Å². The number of aliphatic carboxylic acids is 1. The van der Waals surface area contributed by atoms with E-state index in [1.54, 1.807) is 24.3 Å². The number of nitrogens with zero attached hydrogens (tertiary/aromatic N) is 1. The molecular weight excluding hydrogens is 448 g/mol. The molecule has 0 unspecified atom stereocenters. The number of methoxy groups -OCH3 is 1. The second-order valence-corrected chi connectivity index (χ2v) is 8.17. The number of hydrogen-bond acceptors (Lipinski definition) is 8. The fourth-order valence-corrected chi connectivity index (χ4v) is 3.80. The number of nitrogens with one attached hydrogen (secondary N) is 1. The summed E-state index contributed by atoms with van der Waals surface area (Å²) in [7, 11) is 1.39. The van der Waals surface area contributed by atoms with E-state index < -0.39 is 35.7 Å². The summed E-state index contributed by atoms with van der Waals surface area (Å²) in [5.41, 5.74) is 2.06. The highest BCUT2D eigenvalue weighted by Crippen LogP contribution is 2.34. The van der Waals surface area contributed by atoms with Crippen LogP contribution in [-0.2, 0) is 14.4 Å². The van der Waals surface area contributed by atoms with Gasteiger partial charge in [-0.2, -0.15) is 0 Å². The van der Waals surface area contributed by atoms with E-state index in [2.05, 4.69) is 5.32 Å². The number of benzene rings is 2. The van der Waals surface area contributed by atoms with Crippen molar-refractivity contribution >= 4 is 46.5 Å². The number of carbonyl (C=O) groups excluding carboxylic acids is 4. The Morgan fingerprint density at radius 1 is 1.18 bits per heavy atom. The first-order valence-electron chi connectivity index (χ1n) is 9.85. The molecule has 1 N–H and O–H groups in total. The molecule has 0 bridgehead atoms. The van der Waals surface area contributed by atoms with E-state index in [0.29, 0.717) is 11.3 Å². The minimum absolute atomic E-state index is 0.141. The summed E-state index contributed by atoms with van der Waals surface area (Å²) >= 11 is 0.720. The van der Waals surface area contributed by atoms with Gasteiger partial charge in [-0.25, -0.2) is 0 Å². The van der Waals surface area contributed by atoms with Crippen molar-refractivity contribution < 1.29 is 33.8 Å². The minimum atomic E-state index is -1.37. The van der Waals surface area contributed by atoms with E-state index in [1.807, 2.05) is 13.0 Å². The summed E-state index contributed by atoms with van der Waals surface area (Å²) in [4.78, 5) is 49.3. The second-order valence-electron chi connectivity index (χ2n) is 7.17. The molecule has 2 aromatic rings. The van der Waals surface area contributed by atoms with Crippen LogP contribution in [0.1, 0.15) is 18.1 Å². The Morgan fingerprint density at radius 2 is 1.94 bits per heavy atom. The third-order valence-electron chi connectivity index (χ3n) is 4.60. The highest BCUT2D eigenvalue weighted by atomic mass is 32.2. The predicted octanol–water partition coefficient (Wildman–Crippen LogP) is 2.20. The maximum absolute atomic E-state index is 12.7. The van der Waals surface area contributed by atoms with Crippen LogP contribution in [0.2, 0.25) is 0 Å². The topological polar surface area (TPSA) is 125 Å². The third-order valence-corrected chi connectivity index (χ3v) is 5.51. The number of carboxylic acids is 1. The Kier molecular flexibility index (Phi) is 7.39. The van der Waals surface area contributed by atoms with Crippen molar-refractivity contribution in [3.63, 3.8) is 0 Å². The van der Waals surface area contributed by atoms with Crippen molar-refractivity contribution in [1.29, 1.82) is 0 Å². The lowest BCUT2D eigenvalue weighted by Gasteiger charge is -2.17. The molecule has 9 nitrogen and oxygen atoms in total. The van der Waals surface area contributed by atoms with Crippen LogP contribution < -0.4 is 19.9 Å². The van der Waals surface area contributed by atoms with Crippen LogP contribution in [-0.4, -0.2) is 47.7 Å². The van der Waals surface area contributed by atoms with Crippen molar-refractivity contribution in [3.05, 3.63) is 58.5 Å². The van der Waals surface area contributed by atoms with Gasteiger partial charge in [0.25, 0.3) is 11.1 Å². The summed E-state index contributed by atoms with van der Waals surface area (Å²) in [6, 6.07) is 11.8. The van der Waals surface area contributed by atoms with Crippen LogP contribution in [0, 0.1) is 6.92 Å². The molecule has 0 radical (unpaired) electrons. The SMILES string of the molecule is COc1cc(/C=C2\SC(=O)N(CC(=O)Nc3cccc(C)c3)C2=O)ccc1O[C@@H](C)C(=O)[O-]. The van der Waals surface area contributed by atoms with Gasteiger partial charge in [-0.3, -0.25) is 19.3 Å². The van der Waals surface area contributed by atoms with E-state index in [0.717, 1.165) is 22.2 Å². The number of carboxylic acid groups (broad SMARTS) is 1. The number of anilines is 1. The molecule has 0 aromatic heterocycles. The fourth-order valence-electron chi connectivity index (χ4n) is 2.96. The monoisotopic (exact) mass is 469 g/mol. The molecule has 3 rings (SSSR count). The maximum Gasteiger partial charge on any atom is 0.294 e. The molecule has 10 heteroatoms. The van der Waals surface area contributed by atoms with Gasteiger partial charge in [-0.1, -0.05) is 18.2 Å². The molecule has 1 aliphatic rings. The van der Waals surface area contributed by atoms with Crippen LogP contribution in [0.15, 0.2) is 47.4 Å². The zero-order valence-corrected chi connectivity index (χ0v) is 18.9. The number of hydrogen-bond donors (Lipinski definition) is 1. The highest BCUT2D eigenvalue weighted by Gasteiger charge is 2.36. The molecule has 33 heavy (non-hydrogen) atoms. The van der Waals surface area contributed by atoms with Gasteiger partial charge in [0.2, 0.25) is 5.91 Å². The number of thioether (sulfide) groups is 1. The molecule has 1 fully saturated rings. The molecule has 0 saturated carbocycles. The molecular formula is C23H21N2O7S-. The van der Waals surface area contributed by atoms with E-state index >= 15 is 0 Å². The average Bonchev–Trinajstić information content (AvgIpc) is 3.01. The predicted molar refractivity (Wildman–Crippen MR) is 121 cm³/mol. The van der Waals surface area contributed by atoms with Gasteiger partial charge in [-0.15, -0.1) is 0 Å². The van der Waals surface area contributed by atoms with Gasteiger partial charge >= 0.3 is 0 Å². The van der Waals surface area contributed by atoms with E-state index in [4.69, 9.17) is 9.47 Å². The van der Waals surface area contributed by atoms with Crippen LogP contribution in [0.3, 0.4) is 0 Å². The van der Waals surface area contributed by atoms with Crippen LogP contribution >= 0.6 is 11.8 Å². The van der Waals surface area contributed by atoms with Crippen molar-refractivity contribution in [3.8, 4) is 11.5 Å². The van der Waals surface area contributed by atoms with E-state index in [1.165, 1.54) is 32.2 Å². The first-order chi connectivity index (χ1) is 15.7. The van der Waals surface area contributed by atoms with Gasteiger partial charge < -0.3 is 24.7 Å². The maximum atomic E-state index is 12.7. The van der Waals surface area contributed by atoms with E-state index in [9.17, 15) is 24.3 Å². The summed E-state index contributed by atoms with van der Waals surface area (Å²) < 4.78 is 10.5. The second kappa shape index (κ2) is 10.2. The molecule has 0 spiro atoms. The van der Waals surface area contributed by atoms with Crippen LogP contribution in [0.25, 0.3) is 6.08 Å². The van der Waals surface area contributed by atoms with Gasteiger partial charge in [0, 0.05) is 5.69 Å². The highest BCUT2D eigenvalue weighted by molar-refractivity contribution is 8.18. The first kappa shape index (κ1) is 23.9. The molecule has 172 valence electrons. The number of rotatable bonds is 8. The molecule has 0 aliphatic carbocycles. The van der Waals surface area contributed by atoms with Gasteiger partial charge in [0.1, 0.15) is 12.6 Å². The summed E-state index contributed by atoms with van der Waals surface area (Å²) in [5, 5.41) is 13.0. The molecule has 1 heterocycles. The lowest BCUT2D eigenvalue weighted by atomic mass is 10.1. The average molecular weight is 469 g/mol. The minimum Gasteiger partial charge on any atom is -0.546 e. The number of aryl methyl sites for hydroxylation is 1. The Morgan fingerprint density at radius 3 is 2.61 bits per heavy atom. The molecule has 1 atom stereocenters. The standard InChI is InChI=1S/C23H22N2O7S/c1-13-5-4-6-16(9-13)24-20(26)12-25-21(27)19(33-23(25)30)11-15-7-8-17(18(10-15)31-3)32-14(2)22(28)29/h4-11,14H,12H2,1-3H3,(H,24,26)(H,28,29)/p-1/b19-11-/t14-/m0/s1. The van der Waals surface area contributed by atoms with Gasteiger partial charge in [0.05, 0.1) is 18.0 Å². The van der Waals surface area contributed by atoms with Crippen LogP contribution in [0.5, 0.6) is 11.5 Å². The molecule has 3 amide bonds. The van der Waals surface area contributed by atoms with Crippen molar-refractivity contribution in [2.24, 2.45) is 0 Å². The van der Waals surface area contributed by atoms with Crippen molar-refractivity contribution in [2.75, 3.05) is 19.0 Å². The summed E-state index contributed by atoms with van der Waals surface area (Å²) in [6.07, 6.45) is 0.296. The first-order valence-corrected chi connectivity index (χ1v) is 10.7. The van der Waals surface area contributed by atoms with Crippen molar-refractivity contribution in [2.45, 2.75) is 20.0 Å². The Bertz CT molecular complexity index is 1150. The molecule has 1 aliphatic heterocycles. The van der Waals surface area contributed by atoms with Gasteiger partial charge in [-0.05, 0) is 67.1 Å². The van der Waals surface area contributed by atoms with Crippen molar-refractivity contribution in [1.82, 2.24) is 4.90 Å². The smallest absolute Gasteiger partial charge is 0.294 e. The lowest BCUT2D eigenvalue weighted by Crippen LogP contribution is -2.37. The number of ether oxygens (including phenoxy) is 2. The zero-order valence-electron chi connectivity index (χ0n) is 18.1. The molecule has 2 aromatic carbocycles. The number of carbonyl (C=O) groups is 4. The third kappa shape index (κ3) is 5.92.